The number of hydrogen-bond donors (Lipinski definition) is 1. The largest absolute Gasteiger partial charge is 0.337 e. The Morgan fingerprint density at radius 2 is 2.32 bits per heavy atom. The highest BCUT2D eigenvalue weighted by Gasteiger charge is 2.22. The number of amides is 1. The van der Waals surface area contributed by atoms with E-state index >= 15 is 0 Å². The van der Waals surface area contributed by atoms with Gasteiger partial charge in [0.25, 0.3) is 0 Å². The van der Waals surface area contributed by atoms with Crippen LogP contribution in [0.5, 0.6) is 0 Å². The molecule has 0 saturated carbocycles. The lowest BCUT2D eigenvalue weighted by Gasteiger charge is -2.34. The average molecular weight is 325 g/mol. The Labute approximate surface area is 123 Å². The zero-order valence-electron chi connectivity index (χ0n) is 11.6. The second-order valence-corrected chi connectivity index (χ2v) is 6.08. The van der Waals surface area contributed by atoms with Crippen molar-refractivity contribution in [3.63, 3.8) is 0 Å². The summed E-state index contributed by atoms with van der Waals surface area (Å²) in [7, 11) is 0. The zero-order chi connectivity index (χ0) is 13.8. The third kappa shape index (κ3) is 3.80. The van der Waals surface area contributed by atoms with Crippen molar-refractivity contribution in [3.05, 3.63) is 33.8 Å². The first-order valence-electron chi connectivity index (χ1n) is 6.83. The third-order valence-corrected chi connectivity index (χ3v) is 4.56. The molecule has 1 aliphatic rings. The highest BCUT2D eigenvalue weighted by molar-refractivity contribution is 9.10. The van der Waals surface area contributed by atoms with Crippen LogP contribution in [0.2, 0.25) is 0 Å². The van der Waals surface area contributed by atoms with Gasteiger partial charge in [0.15, 0.2) is 0 Å². The van der Waals surface area contributed by atoms with Gasteiger partial charge in [0, 0.05) is 36.6 Å². The van der Waals surface area contributed by atoms with Crippen molar-refractivity contribution < 1.29 is 4.79 Å². The Kier molecular flexibility index (Phi) is 4.99. The molecule has 0 bridgehead atoms. The number of carbonyl (C=O) groups is 1. The predicted molar refractivity (Wildman–Crippen MR) is 81.2 cm³/mol. The van der Waals surface area contributed by atoms with Gasteiger partial charge in [0.2, 0.25) is 5.91 Å². The monoisotopic (exact) mass is 324 g/mol. The fourth-order valence-corrected chi connectivity index (χ4v) is 2.72. The smallest absolute Gasteiger partial charge is 0.223 e. The van der Waals surface area contributed by atoms with Gasteiger partial charge in [-0.15, -0.1) is 0 Å². The molecule has 0 radical (unpaired) electrons. The van der Waals surface area contributed by atoms with Crippen LogP contribution >= 0.6 is 15.9 Å². The fourth-order valence-electron chi connectivity index (χ4n) is 2.47. The van der Waals surface area contributed by atoms with Crippen LogP contribution in [0.1, 0.15) is 24.5 Å². The quantitative estimate of drug-likeness (QED) is 0.926. The molecule has 1 heterocycles. The molecule has 1 fully saturated rings. The maximum atomic E-state index is 12.2. The molecule has 19 heavy (non-hydrogen) atoms. The van der Waals surface area contributed by atoms with Gasteiger partial charge in [-0.1, -0.05) is 28.1 Å². The van der Waals surface area contributed by atoms with Crippen molar-refractivity contribution in [2.24, 2.45) is 0 Å². The van der Waals surface area contributed by atoms with Gasteiger partial charge in [-0.05, 0) is 37.5 Å². The van der Waals surface area contributed by atoms with Gasteiger partial charge in [-0.25, -0.2) is 0 Å². The second kappa shape index (κ2) is 6.53. The van der Waals surface area contributed by atoms with E-state index in [1.165, 1.54) is 11.1 Å². The maximum absolute atomic E-state index is 12.2. The summed E-state index contributed by atoms with van der Waals surface area (Å²) >= 11 is 3.50. The second-order valence-electron chi connectivity index (χ2n) is 5.22. The van der Waals surface area contributed by atoms with Crippen LogP contribution in [-0.2, 0) is 11.2 Å². The molecule has 1 amide bonds. The summed E-state index contributed by atoms with van der Waals surface area (Å²) in [6, 6.07) is 6.61. The van der Waals surface area contributed by atoms with Crippen LogP contribution in [0.3, 0.4) is 0 Å². The number of piperazine rings is 1. The summed E-state index contributed by atoms with van der Waals surface area (Å²) in [6.07, 6.45) is 1.43. The van der Waals surface area contributed by atoms with Crippen molar-refractivity contribution in [1.29, 1.82) is 0 Å². The van der Waals surface area contributed by atoms with E-state index in [0.717, 1.165) is 30.5 Å². The van der Waals surface area contributed by atoms with E-state index < -0.39 is 0 Å². The summed E-state index contributed by atoms with van der Waals surface area (Å²) < 4.78 is 1.12. The Morgan fingerprint density at radius 3 is 3.00 bits per heavy atom. The van der Waals surface area contributed by atoms with Crippen molar-refractivity contribution in [2.75, 3.05) is 19.6 Å². The van der Waals surface area contributed by atoms with E-state index in [2.05, 4.69) is 53.3 Å². The van der Waals surface area contributed by atoms with Crippen LogP contribution < -0.4 is 5.32 Å². The number of rotatable bonds is 3. The Bertz CT molecular complexity index is 461. The summed E-state index contributed by atoms with van der Waals surface area (Å²) in [5.41, 5.74) is 2.46. The molecule has 1 saturated heterocycles. The number of aryl methyl sites for hydroxylation is 2. The van der Waals surface area contributed by atoms with E-state index in [1.807, 2.05) is 4.90 Å². The SMILES string of the molecule is Cc1cc(CCC(=O)N2CCNC[C@@H]2C)ccc1Br. The minimum atomic E-state index is 0.273. The minimum absolute atomic E-state index is 0.273. The van der Waals surface area contributed by atoms with Gasteiger partial charge in [-0.2, -0.15) is 0 Å². The number of halogens is 1. The van der Waals surface area contributed by atoms with E-state index in [4.69, 9.17) is 0 Å². The maximum Gasteiger partial charge on any atom is 0.223 e. The number of hydrogen-bond acceptors (Lipinski definition) is 2. The Hall–Kier alpha value is -0.870. The van der Waals surface area contributed by atoms with Crippen LogP contribution in [0.15, 0.2) is 22.7 Å². The van der Waals surface area contributed by atoms with Crippen LogP contribution in [0.4, 0.5) is 0 Å². The van der Waals surface area contributed by atoms with Crippen molar-refractivity contribution in [2.45, 2.75) is 32.7 Å². The molecule has 1 aliphatic heterocycles. The molecule has 0 unspecified atom stereocenters. The summed E-state index contributed by atoms with van der Waals surface area (Å²) in [4.78, 5) is 14.2. The number of nitrogens with one attached hydrogen (secondary N) is 1. The number of benzene rings is 1. The first-order chi connectivity index (χ1) is 9.08. The standard InChI is InChI=1S/C15H21BrN2O/c1-11-9-13(3-5-14(11)16)4-6-15(19)18-8-7-17-10-12(18)2/h3,5,9,12,17H,4,6-8,10H2,1-2H3/t12-/m0/s1. The molecule has 1 aromatic carbocycles. The van der Waals surface area contributed by atoms with Crippen LogP contribution in [0.25, 0.3) is 0 Å². The van der Waals surface area contributed by atoms with E-state index in [1.54, 1.807) is 0 Å². The van der Waals surface area contributed by atoms with Crippen molar-refractivity contribution in [1.82, 2.24) is 10.2 Å². The molecule has 1 atom stereocenters. The van der Waals surface area contributed by atoms with Crippen molar-refractivity contribution in [3.8, 4) is 0 Å². The van der Waals surface area contributed by atoms with E-state index in [9.17, 15) is 4.79 Å². The molecule has 0 aliphatic carbocycles. The summed E-state index contributed by atoms with van der Waals surface area (Å²) in [5, 5.41) is 3.31. The number of carbonyl (C=O) groups excluding carboxylic acids is 1. The molecular formula is C15H21BrN2O. The average Bonchev–Trinajstić information content (AvgIpc) is 2.40. The molecule has 0 aromatic heterocycles. The number of nitrogens with zero attached hydrogens (tertiary/aromatic N) is 1. The first-order valence-corrected chi connectivity index (χ1v) is 7.62. The van der Waals surface area contributed by atoms with Gasteiger partial charge in [-0.3, -0.25) is 4.79 Å². The lowest BCUT2D eigenvalue weighted by molar-refractivity contribution is -0.133. The topological polar surface area (TPSA) is 32.3 Å². The lowest BCUT2D eigenvalue weighted by Crippen LogP contribution is -2.52. The lowest BCUT2D eigenvalue weighted by atomic mass is 10.1. The Balaban J connectivity index is 1.90. The van der Waals surface area contributed by atoms with Gasteiger partial charge in [0.05, 0.1) is 0 Å². The highest BCUT2D eigenvalue weighted by Crippen LogP contribution is 2.18. The molecule has 2 rings (SSSR count). The normalized spacial score (nSPS) is 19.5. The minimum Gasteiger partial charge on any atom is -0.337 e. The zero-order valence-corrected chi connectivity index (χ0v) is 13.2. The molecule has 104 valence electrons. The highest BCUT2D eigenvalue weighted by atomic mass is 79.9. The molecule has 0 spiro atoms. The molecule has 1 aromatic rings. The molecule has 3 nitrogen and oxygen atoms in total. The van der Waals surface area contributed by atoms with Crippen LogP contribution in [0, 0.1) is 6.92 Å². The van der Waals surface area contributed by atoms with Gasteiger partial charge >= 0.3 is 0 Å². The molecule has 1 N–H and O–H groups in total. The van der Waals surface area contributed by atoms with Crippen molar-refractivity contribution >= 4 is 21.8 Å². The Morgan fingerprint density at radius 1 is 1.53 bits per heavy atom. The molecular weight excluding hydrogens is 304 g/mol. The fraction of sp³-hybridized carbons (Fsp3) is 0.533. The van der Waals surface area contributed by atoms with E-state index in [0.29, 0.717) is 12.5 Å². The predicted octanol–water partition coefficient (Wildman–Crippen LogP) is 2.51. The van der Waals surface area contributed by atoms with E-state index in [-0.39, 0.29) is 5.91 Å². The van der Waals surface area contributed by atoms with Gasteiger partial charge in [0.1, 0.15) is 0 Å². The summed E-state index contributed by atoms with van der Waals surface area (Å²) in [6.45, 7) is 6.83. The first kappa shape index (κ1) is 14.5. The summed E-state index contributed by atoms with van der Waals surface area (Å²) in [5.74, 6) is 0.273. The van der Waals surface area contributed by atoms with Gasteiger partial charge < -0.3 is 10.2 Å². The van der Waals surface area contributed by atoms with Crippen LogP contribution in [-0.4, -0.2) is 36.5 Å². The third-order valence-electron chi connectivity index (χ3n) is 3.67. The molecule has 4 heteroatoms.